The Hall–Kier alpha value is -2.08. The number of hydrogen-bond donors (Lipinski definition) is 2. The first-order chi connectivity index (χ1) is 9.60. The van der Waals surface area contributed by atoms with E-state index in [-0.39, 0.29) is 18.1 Å². The number of rotatable bonds is 5. The fourth-order valence-corrected chi connectivity index (χ4v) is 2.03. The van der Waals surface area contributed by atoms with Crippen LogP contribution in [0, 0.1) is 0 Å². The van der Waals surface area contributed by atoms with Crippen molar-refractivity contribution in [3.8, 4) is 0 Å². The number of nitrogens with zero attached hydrogens (tertiary/aromatic N) is 2. The largest absolute Gasteiger partial charge is 0.478 e. The van der Waals surface area contributed by atoms with E-state index in [0.29, 0.717) is 6.54 Å². The summed E-state index contributed by atoms with van der Waals surface area (Å²) in [6.45, 7) is 3.88. The van der Waals surface area contributed by atoms with Gasteiger partial charge in [0.05, 0.1) is 17.7 Å². The van der Waals surface area contributed by atoms with E-state index in [1.807, 2.05) is 0 Å². The van der Waals surface area contributed by atoms with Crippen LogP contribution in [0.2, 0.25) is 0 Å². The lowest BCUT2D eigenvalue weighted by Crippen LogP contribution is -2.45. The quantitative estimate of drug-likeness (QED) is 0.865. The number of carboxylic acids is 1. The average Bonchev–Trinajstić information content (AvgIpc) is 2.36. The van der Waals surface area contributed by atoms with Gasteiger partial charge in [0.25, 0.3) is 0 Å². The van der Waals surface area contributed by atoms with Gasteiger partial charge in [-0.2, -0.15) is 0 Å². The maximum Gasteiger partial charge on any atom is 0.335 e. The van der Waals surface area contributed by atoms with E-state index < -0.39 is 11.6 Å². The average molecular weight is 294 g/mol. The molecule has 6 heteroatoms. The van der Waals surface area contributed by atoms with Crippen LogP contribution >= 0.6 is 0 Å². The number of carbonyl (C=O) groups excluding carboxylic acids is 1. The number of benzene rings is 1. The van der Waals surface area contributed by atoms with E-state index in [1.54, 1.807) is 40.1 Å². The van der Waals surface area contributed by atoms with Crippen LogP contribution in [-0.4, -0.2) is 58.3 Å². The molecule has 0 radical (unpaired) electrons. The van der Waals surface area contributed by atoms with Gasteiger partial charge in [-0.05, 0) is 31.5 Å². The molecular weight excluding hydrogens is 272 g/mol. The maximum atomic E-state index is 12.1. The summed E-state index contributed by atoms with van der Waals surface area (Å²) in [5.41, 5.74) is 0.105. The molecule has 1 rings (SSSR count). The van der Waals surface area contributed by atoms with Crippen molar-refractivity contribution in [2.75, 3.05) is 20.6 Å². The molecule has 0 fully saturated rings. The highest BCUT2D eigenvalue weighted by atomic mass is 16.4. The van der Waals surface area contributed by atoms with Crippen molar-refractivity contribution < 1.29 is 19.8 Å². The minimum atomic E-state index is -0.976. The lowest BCUT2D eigenvalue weighted by molar-refractivity contribution is 0.0481. The van der Waals surface area contributed by atoms with Crippen LogP contribution in [-0.2, 0) is 6.54 Å². The molecule has 2 N–H and O–H groups in total. The number of aromatic carboxylic acids is 1. The molecule has 1 aromatic rings. The highest BCUT2D eigenvalue weighted by Gasteiger charge is 2.21. The fraction of sp³-hybridized carbons (Fsp3) is 0.467. The SMILES string of the molecule is CN(Cc1ccc(C(=O)O)cc1)C(=O)N(C)CC(C)(C)O. The van der Waals surface area contributed by atoms with E-state index in [2.05, 4.69) is 0 Å². The summed E-state index contributed by atoms with van der Waals surface area (Å²) in [7, 11) is 3.29. The van der Waals surface area contributed by atoms with Gasteiger partial charge in [0.2, 0.25) is 0 Å². The minimum absolute atomic E-state index is 0.209. The van der Waals surface area contributed by atoms with Gasteiger partial charge in [-0.15, -0.1) is 0 Å². The topological polar surface area (TPSA) is 81.1 Å². The Kier molecular flexibility index (Phi) is 5.32. The van der Waals surface area contributed by atoms with Gasteiger partial charge in [-0.1, -0.05) is 12.1 Å². The van der Waals surface area contributed by atoms with Crippen molar-refractivity contribution in [1.29, 1.82) is 0 Å². The van der Waals surface area contributed by atoms with Crippen LogP contribution in [0.1, 0.15) is 29.8 Å². The van der Waals surface area contributed by atoms with Crippen molar-refractivity contribution in [3.63, 3.8) is 0 Å². The first-order valence-corrected chi connectivity index (χ1v) is 6.61. The van der Waals surface area contributed by atoms with Gasteiger partial charge in [0, 0.05) is 20.6 Å². The molecule has 0 unspecified atom stereocenters. The highest BCUT2D eigenvalue weighted by molar-refractivity contribution is 5.87. The molecule has 116 valence electrons. The van der Waals surface area contributed by atoms with E-state index in [4.69, 9.17) is 5.11 Å². The Morgan fingerprint density at radius 2 is 1.62 bits per heavy atom. The van der Waals surface area contributed by atoms with Gasteiger partial charge in [-0.25, -0.2) is 9.59 Å². The van der Waals surface area contributed by atoms with E-state index >= 15 is 0 Å². The Bertz CT molecular complexity index is 505. The Balaban J connectivity index is 2.65. The summed E-state index contributed by atoms with van der Waals surface area (Å²) >= 11 is 0. The molecule has 0 spiro atoms. The number of hydrogen-bond acceptors (Lipinski definition) is 3. The molecule has 0 saturated heterocycles. The van der Waals surface area contributed by atoms with Crippen molar-refractivity contribution in [1.82, 2.24) is 9.80 Å². The third-order valence-corrected chi connectivity index (χ3v) is 2.90. The predicted molar refractivity (Wildman–Crippen MR) is 79.2 cm³/mol. The fourth-order valence-electron chi connectivity index (χ4n) is 2.03. The Morgan fingerprint density at radius 1 is 1.10 bits per heavy atom. The van der Waals surface area contributed by atoms with E-state index in [1.165, 1.54) is 21.9 Å². The van der Waals surface area contributed by atoms with E-state index in [9.17, 15) is 14.7 Å². The molecule has 0 aliphatic rings. The first-order valence-electron chi connectivity index (χ1n) is 6.61. The van der Waals surface area contributed by atoms with Crippen LogP contribution in [0.3, 0.4) is 0 Å². The maximum absolute atomic E-state index is 12.1. The molecule has 1 aromatic carbocycles. The number of aliphatic hydroxyl groups is 1. The summed E-state index contributed by atoms with van der Waals surface area (Å²) in [4.78, 5) is 25.9. The molecule has 21 heavy (non-hydrogen) atoms. The molecule has 0 aliphatic carbocycles. The lowest BCUT2D eigenvalue weighted by Gasteiger charge is -2.29. The van der Waals surface area contributed by atoms with Crippen LogP contribution in [0.4, 0.5) is 4.79 Å². The number of carboxylic acid groups (broad SMARTS) is 1. The third-order valence-electron chi connectivity index (χ3n) is 2.90. The minimum Gasteiger partial charge on any atom is -0.478 e. The van der Waals surface area contributed by atoms with Gasteiger partial charge < -0.3 is 20.0 Å². The van der Waals surface area contributed by atoms with Crippen LogP contribution in [0.5, 0.6) is 0 Å². The highest BCUT2D eigenvalue weighted by Crippen LogP contribution is 2.10. The van der Waals surface area contributed by atoms with Gasteiger partial charge in [0.1, 0.15) is 0 Å². The van der Waals surface area contributed by atoms with Crippen LogP contribution in [0.25, 0.3) is 0 Å². The van der Waals surface area contributed by atoms with Gasteiger partial charge in [0.15, 0.2) is 0 Å². The molecule has 2 amide bonds. The smallest absolute Gasteiger partial charge is 0.335 e. The summed E-state index contributed by atoms with van der Waals surface area (Å²) in [6.07, 6.45) is 0. The first kappa shape index (κ1) is 17.0. The van der Waals surface area contributed by atoms with Gasteiger partial charge in [-0.3, -0.25) is 0 Å². The van der Waals surface area contributed by atoms with Crippen molar-refractivity contribution in [3.05, 3.63) is 35.4 Å². The third kappa shape index (κ3) is 5.43. The second kappa shape index (κ2) is 6.58. The molecule has 0 aliphatic heterocycles. The monoisotopic (exact) mass is 294 g/mol. The number of carbonyl (C=O) groups is 2. The Labute approximate surface area is 124 Å². The van der Waals surface area contributed by atoms with Crippen molar-refractivity contribution in [2.24, 2.45) is 0 Å². The number of amides is 2. The zero-order valence-corrected chi connectivity index (χ0v) is 12.8. The standard InChI is InChI=1S/C15H22N2O4/c1-15(2,21)10-17(4)14(20)16(3)9-11-5-7-12(8-6-11)13(18)19/h5-8,21H,9-10H2,1-4H3,(H,18,19). The molecule has 0 bridgehead atoms. The number of urea groups is 1. The Morgan fingerprint density at radius 3 is 2.05 bits per heavy atom. The summed E-state index contributed by atoms with van der Waals surface area (Å²) in [5, 5.41) is 18.6. The molecule has 0 saturated carbocycles. The summed E-state index contributed by atoms with van der Waals surface area (Å²) < 4.78 is 0. The molecule has 0 aromatic heterocycles. The van der Waals surface area contributed by atoms with Gasteiger partial charge >= 0.3 is 12.0 Å². The predicted octanol–water partition coefficient (Wildman–Crippen LogP) is 1.64. The second-order valence-electron chi connectivity index (χ2n) is 5.81. The van der Waals surface area contributed by atoms with Crippen molar-refractivity contribution in [2.45, 2.75) is 26.0 Å². The molecule has 0 heterocycles. The number of likely N-dealkylation sites (N-methyl/N-ethyl adjacent to an activating group) is 1. The van der Waals surface area contributed by atoms with Crippen molar-refractivity contribution >= 4 is 12.0 Å². The van der Waals surface area contributed by atoms with Crippen LogP contribution in [0.15, 0.2) is 24.3 Å². The van der Waals surface area contributed by atoms with E-state index in [0.717, 1.165) is 5.56 Å². The molecular formula is C15H22N2O4. The molecule has 0 atom stereocenters. The second-order valence-corrected chi connectivity index (χ2v) is 5.81. The molecule has 6 nitrogen and oxygen atoms in total. The normalized spacial score (nSPS) is 11.1. The van der Waals surface area contributed by atoms with Crippen LogP contribution < -0.4 is 0 Å². The zero-order chi connectivity index (χ0) is 16.2. The zero-order valence-electron chi connectivity index (χ0n) is 12.8. The lowest BCUT2D eigenvalue weighted by atomic mass is 10.1. The summed E-state index contributed by atoms with van der Waals surface area (Å²) in [5.74, 6) is -0.976. The summed E-state index contributed by atoms with van der Waals surface area (Å²) in [6, 6.07) is 6.18.